The number of hydrogen-bond acceptors (Lipinski definition) is 0. The van der Waals surface area contributed by atoms with Crippen molar-refractivity contribution in [2.24, 2.45) is 118 Å². The van der Waals surface area contributed by atoms with Gasteiger partial charge >= 0.3 is 6.18 Å². The van der Waals surface area contributed by atoms with E-state index in [0.29, 0.717) is 47.8 Å². The summed E-state index contributed by atoms with van der Waals surface area (Å²) in [7, 11) is 0. The maximum absolute atomic E-state index is 13.6. The summed E-state index contributed by atoms with van der Waals surface area (Å²) in [6.07, 6.45) is 19.6. The standard InChI is InChI=1S/C13H15F3.C13H17F.C12H15F/c14-13(15,16)10-5-8-4-9(10)12-7-2-1-6(3-7)11(8)12;14-6-10-4-9-5-11(10)13-8-2-1-7(3-8)12(9)13;13-10-5-8-4-9(10)12-7-2-1-6(3-7)11(8)12/h1-2,6-12H,3-5H2;1-2,7-13H,3-6H2;1-2,6-12H,3-5H2. The molecule has 0 aromatic rings. The molecule has 0 aliphatic heterocycles. The Morgan fingerprint density at radius 1 is 0.465 bits per heavy atom. The van der Waals surface area contributed by atoms with E-state index in [9.17, 15) is 22.0 Å². The van der Waals surface area contributed by atoms with Crippen molar-refractivity contribution in [2.45, 2.75) is 70.1 Å². The number of fused-ring (bicyclic) bond motifs is 27. The molecular formula is C38H47F5. The lowest BCUT2D eigenvalue weighted by Gasteiger charge is -2.37. The molecule has 0 N–H and O–H groups in total. The van der Waals surface area contributed by atoms with Gasteiger partial charge < -0.3 is 0 Å². The van der Waals surface area contributed by atoms with Gasteiger partial charge in [0.15, 0.2) is 0 Å². The molecule has 0 aromatic heterocycles. The molecule has 0 heterocycles. The molecule has 21 unspecified atom stereocenters. The largest absolute Gasteiger partial charge is 0.392 e. The van der Waals surface area contributed by atoms with E-state index in [1.807, 2.05) is 0 Å². The molecule has 0 spiro atoms. The maximum Gasteiger partial charge on any atom is 0.392 e. The average Bonchev–Trinajstić information content (AvgIpc) is 3.85. The summed E-state index contributed by atoms with van der Waals surface area (Å²) < 4.78 is 65.1. The fourth-order valence-electron chi connectivity index (χ4n) is 15.7. The molecule has 43 heavy (non-hydrogen) atoms. The van der Waals surface area contributed by atoms with Gasteiger partial charge in [-0.3, -0.25) is 4.39 Å². The van der Waals surface area contributed by atoms with E-state index in [0.717, 1.165) is 84.4 Å². The summed E-state index contributed by atoms with van der Waals surface area (Å²) >= 11 is 0. The SMILES string of the molecule is FC(F)(F)C1CC2CC1C1C3C=CC(C3)C21.FC1CC2CC1C1C3C=CC(C3)C21.FCC1CC2CC1C1C3C=CC(C3)C21. The van der Waals surface area contributed by atoms with Crippen molar-refractivity contribution in [1.29, 1.82) is 0 Å². The van der Waals surface area contributed by atoms with Crippen LogP contribution in [0.1, 0.15) is 57.8 Å². The maximum atomic E-state index is 13.6. The minimum atomic E-state index is -3.95. The van der Waals surface area contributed by atoms with Crippen molar-refractivity contribution in [3.8, 4) is 0 Å². The van der Waals surface area contributed by atoms with E-state index in [2.05, 4.69) is 36.5 Å². The van der Waals surface area contributed by atoms with Crippen LogP contribution in [0.15, 0.2) is 36.5 Å². The van der Waals surface area contributed by atoms with Crippen molar-refractivity contribution in [3.05, 3.63) is 36.5 Å². The number of alkyl halides is 5. The Morgan fingerprint density at radius 3 is 1.42 bits per heavy atom. The summed E-state index contributed by atoms with van der Waals surface area (Å²) in [5.74, 6) is 11.6. The molecule has 12 aliphatic carbocycles. The molecule has 9 fully saturated rings. The van der Waals surface area contributed by atoms with E-state index in [4.69, 9.17) is 0 Å². The third-order valence-electron chi connectivity index (χ3n) is 16.5. The predicted octanol–water partition coefficient (Wildman–Crippen LogP) is 9.50. The Labute approximate surface area is 253 Å². The molecule has 0 amide bonds. The zero-order valence-corrected chi connectivity index (χ0v) is 25.0. The summed E-state index contributed by atoms with van der Waals surface area (Å²) in [4.78, 5) is 0. The fraction of sp³-hybridized carbons (Fsp3) is 0.842. The van der Waals surface area contributed by atoms with Crippen molar-refractivity contribution < 1.29 is 22.0 Å². The second-order valence-corrected chi connectivity index (χ2v) is 17.6. The van der Waals surface area contributed by atoms with Gasteiger partial charge in [-0.05, 0) is 170 Å². The van der Waals surface area contributed by atoms with E-state index >= 15 is 0 Å². The Balaban J connectivity index is 0.0000000862. The van der Waals surface area contributed by atoms with Crippen molar-refractivity contribution in [1.82, 2.24) is 0 Å². The lowest BCUT2D eigenvalue weighted by Crippen LogP contribution is -2.37. The topological polar surface area (TPSA) is 0 Å². The third kappa shape index (κ3) is 3.66. The van der Waals surface area contributed by atoms with Gasteiger partial charge in [-0.2, -0.15) is 13.2 Å². The van der Waals surface area contributed by atoms with Crippen LogP contribution in [-0.4, -0.2) is 19.0 Å². The number of halogens is 5. The van der Waals surface area contributed by atoms with Crippen LogP contribution in [0.3, 0.4) is 0 Å². The summed E-state index contributed by atoms with van der Waals surface area (Å²) in [6.45, 7) is -0.0501. The number of rotatable bonds is 1. The van der Waals surface area contributed by atoms with Crippen LogP contribution in [0.5, 0.6) is 0 Å². The van der Waals surface area contributed by atoms with Crippen LogP contribution in [0, 0.1) is 118 Å². The first-order chi connectivity index (χ1) is 20.8. The lowest BCUT2D eigenvalue weighted by molar-refractivity contribution is -0.195. The molecule has 12 rings (SSSR count). The molecule has 0 radical (unpaired) electrons. The van der Waals surface area contributed by atoms with Crippen molar-refractivity contribution >= 4 is 0 Å². The zero-order valence-electron chi connectivity index (χ0n) is 25.0. The lowest BCUT2D eigenvalue weighted by atomic mass is 9.69. The Kier molecular flexibility index (Phi) is 5.81. The van der Waals surface area contributed by atoms with E-state index < -0.39 is 18.3 Å². The fourth-order valence-corrected chi connectivity index (χ4v) is 15.7. The highest BCUT2D eigenvalue weighted by molar-refractivity contribution is 5.23. The van der Waals surface area contributed by atoms with Crippen LogP contribution in [0.4, 0.5) is 22.0 Å². The average molecular weight is 599 g/mol. The second kappa shape index (κ2) is 9.24. The van der Waals surface area contributed by atoms with Gasteiger partial charge in [-0.1, -0.05) is 36.5 Å². The second-order valence-electron chi connectivity index (χ2n) is 17.6. The molecule has 0 nitrogen and oxygen atoms in total. The summed E-state index contributed by atoms with van der Waals surface area (Å²) in [5.41, 5.74) is 0. The van der Waals surface area contributed by atoms with Crippen molar-refractivity contribution in [3.63, 3.8) is 0 Å². The van der Waals surface area contributed by atoms with Crippen LogP contribution >= 0.6 is 0 Å². The van der Waals surface area contributed by atoms with Gasteiger partial charge in [0, 0.05) is 0 Å². The van der Waals surface area contributed by atoms with E-state index in [-0.39, 0.29) is 12.6 Å². The molecule has 12 bridgehead atoms. The molecule has 12 aliphatic rings. The first-order valence-corrected chi connectivity index (χ1v) is 18.1. The molecule has 9 saturated carbocycles. The van der Waals surface area contributed by atoms with Gasteiger partial charge in [0.25, 0.3) is 0 Å². The van der Waals surface area contributed by atoms with Crippen LogP contribution in [-0.2, 0) is 0 Å². The van der Waals surface area contributed by atoms with Crippen LogP contribution < -0.4 is 0 Å². The molecule has 21 atom stereocenters. The highest BCUT2D eigenvalue weighted by Gasteiger charge is 2.66. The highest BCUT2D eigenvalue weighted by atomic mass is 19.4. The highest BCUT2D eigenvalue weighted by Crippen LogP contribution is 2.70. The molecule has 0 saturated heterocycles. The summed E-state index contributed by atoms with van der Waals surface area (Å²) in [5, 5.41) is 0. The normalized spacial score (nSPS) is 61.7. The van der Waals surface area contributed by atoms with Gasteiger partial charge in [0.1, 0.15) is 6.17 Å². The smallest absolute Gasteiger partial charge is 0.251 e. The number of allylic oxidation sites excluding steroid dienone is 6. The Morgan fingerprint density at radius 2 is 0.884 bits per heavy atom. The zero-order chi connectivity index (χ0) is 28.9. The minimum absolute atomic E-state index is 0.0463. The molecule has 0 aromatic carbocycles. The Bertz CT molecular complexity index is 1230. The third-order valence-corrected chi connectivity index (χ3v) is 16.5. The molecule has 5 heteroatoms. The van der Waals surface area contributed by atoms with Crippen LogP contribution in [0.2, 0.25) is 0 Å². The van der Waals surface area contributed by atoms with Crippen LogP contribution in [0.25, 0.3) is 0 Å². The van der Waals surface area contributed by atoms with Gasteiger partial charge in [0.2, 0.25) is 0 Å². The first-order valence-electron chi connectivity index (χ1n) is 18.1. The Hall–Kier alpha value is -1.13. The van der Waals surface area contributed by atoms with Gasteiger partial charge in [0.05, 0.1) is 12.6 Å². The minimum Gasteiger partial charge on any atom is -0.251 e. The molecular weight excluding hydrogens is 551 g/mol. The first kappa shape index (κ1) is 27.0. The van der Waals surface area contributed by atoms with E-state index in [1.165, 1.54) is 32.1 Å². The quantitative estimate of drug-likeness (QED) is 0.160. The van der Waals surface area contributed by atoms with Gasteiger partial charge in [-0.15, -0.1) is 0 Å². The number of hydrogen-bond donors (Lipinski definition) is 0. The van der Waals surface area contributed by atoms with Crippen molar-refractivity contribution in [2.75, 3.05) is 6.67 Å². The molecule has 234 valence electrons. The summed E-state index contributed by atoms with van der Waals surface area (Å²) in [6, 6.07) is 0. The van der Waals surface area contributed by atoms with Gasteiger partial charge in [-0.25, -0.2) is 4.39 Å². The van der Waals surface area contributed by atoms with E-state index in [1.54, 1.807) is 0 Å². The predicted molar refractivity (Wildman–Crippen MR) is 156 cm³/mol. The monoisotopic (exact) mass is 598 g/mol.